The van der Waals surface area contributed by atoms with Crippen LogP contribution in [0, 0.1) is 0 Å². The fourth-order valence-corrected chi connectivity index (χ4v) is 2.76. The zero-order valence-electron chi connectivity index (χ0n) is 13.9. The molecule has 4 rings (SSSR count). The van der Waals surface area contributed by atoms with Crippen molar-refractivity contribution >= 4 is 17.9 Å². The molecule has 0 amide bonds. The van der Waals surface area contributed by atoms with Gasteiger partial charge in [0.15, 0.2) is 5.70 Å². The number of alkyl halides is 2. The number of hydrogen-bond donors (Lipinski definition) is 0. The standard InChI is InChI=1S/C20H13F2NO4/c21-20(22)26-17-8-4-2-6-14(17)18-23-15(19(24)27-18)10-12-9-13-5-1-3-7-16(13)25-11-12/h1-10,20H,11H2/b15-10-. The van der Waals surface area contributed by atoms with Gasteiger partial charge in [-0.2, -0.15) is 8.78 Å². The van der Waals surface area contributed by atoms with E-state index >= 15 is 0 Å². The number of hydrogen-bond acceptors (Lipinski definition) is 5. The summed E-state index contributed by atoms with van der Waals surface area (Å²) in [6, 6.07) is 13.5. The van der Waals surface area contributed by atoms with Crippen LogP contribution in [0.2, 0.25) is 0 Å². The van der Waals surface area contributed by atoms with Crippen LogP contribution in [0.3, 0.4) is 0 Å². The molecule has 0 N–H and O–H groups in total. The van der Waals surface area contributed by atoms with Gasteiger partial charge in [-0.05, 0) is 35.9 Å². The largest absolute Gasteiger partial charge is 0.488 e. The zero-order valence-corrected chi connectivity index (χ0v) is 13.9. The third-order valence-corrected chi connectivity index (χ3v) is 3.93. The summed E-state index contributed by atoms with van der Waals surface area (Å²) in [6.07, 6.45) is 3.45. The molecule has 0 aliphatic carbocycles. The Morgan fingerprint density at radius 1 is 1.11 bits per heavy atom. The van der Waals surface area contributed by atoms with Crippen molar-refractivity contribution in [1.82, 2.24) is 0 Å². The molecule has 0 fully saturated rings. The highest BCUT2D eigenvalue weighted by molar-refractivity contribution is 6.12. The molecule has 0 radical (unpaired) electrons. The van der Waals surface area contributed by atoms with Crippen LogP contribution in [-0.4, -0.2) is 25.1 Å². The molecule has 0 spiro atoms. The summed E-state index contributed by atoms with van der Waals surface area (Å²) in [5.41, 5.74) is 1.87. The molecule has 27 heavy (non-hydrogen) atoms. The van der Waals surface area contributed by atoms with E-state index in [1.54, 1.807) is 12.1 Å². The molecule has 0 atom stereocenters. The maximum atomic E-state index is 12.6. The summed E-state index contributed by atoms with van der Waals surface area (Å²) in [6.45, 7) is -2.72. The van der Waals surface area contributed by atoms with Crippen molar-refractivity contribution in [2.45, 2.75) is 6.61 Å². The van der Waals surface area contributed by atoms with Gasteiger partial charge in [0.05, 0.1) is 5.56 Å². The normalized spacial score (nSPS) is 17.1. The summed E-state index contributed by atoms with van der Waals surface area (Å²) >= 11 is 0. The number of nitrogens with zero attached hydrogens (tertiary/aromatic N) is 1. The van der Waals surface area contributed by atoms with E-state index in [4.69, 9.17) is 9.47 Å². The van der Waals surface area contributed by atoms with Gasteiger partial charge in [0, 0.05) is 5.56 Å². The fourth-order valence-electron chi connectivity index (χ4n) is 2.76. The number of aliphatic imine (C=N–C) groups is 1. The van der Waals surface area contributed by atoms with Gasteiger partial charge in [-0.3, -0.25) is 0 Å². The van der Waals surface area contributed by atoms with Gasteiger partial charge < -0.3 is 14.2 Å². The van der Waals surface area contributed by atoms with E-state index in [2.05, 4.69) is 9.73 Å². The average Bonchev–Trinajstić information content (AvgIpc) is 3.02. The van der Waals surface area contributed by atoms with E-state index in [1.165, 1.54) is 18.2 Å². The van der Waals surface area contributed by atoms with Crippen molar-refractivity contribution in [2.75, 3.05) is 6.61 Å². The van der Waals surface area contributed by atoms with Crippen LogP contribution in [0.1, 0.15) is 11.1 Å². The predicted molar refractivity (Wildman–Crippen MR) is 93.7 cm³/mol. The number of esters is 1. The maximum Gasteiger partial charge on any atom is 0.387 e. The third kappa shape index (κ3) is 3.57. The van der Waals surface area contributed by atoms with E-state index in [9.17, 15) is 13.6 Å². The van der Waals surface area contributed by atoms with E-state index < -0.39 is 12.6 Å². The van der Waals surface area contributed by atoms with Crippen LogP contribution in [0.4, 0.5) is 8.78 Å². The first-order valence-corrected chi connectivity index (χ1v) is 8.09. The second kappa shape index (κ2) is 7.03. The monoisotopic (exact) mass is 369 g/mol. The lowest BCUT2D eigenvalue weighted by Gasteiger charge is -2.15. The first kappa shape index (κ1) is 17.0. The number of rotatable bonds is 4. The van der Waals surface area contributed by atoms with Gasteiger partial charge in [0.2, 0.25) is 5.90 Å². The van der Waals surface area contributed by atoms with E-state index in [0.717, 1.165) is 16.9 Å². The number of benzene rings is 2. The molecule has 2 aliphatic heterocycles. The molecule has 2 aromatic carbocycles. The summed E-state index contributed by atoms with van der Waals surface area (Å²) in [5.74, 6) is -0.109. The van der Waals surface area contributed by atoms with Gasteiger partial charge in [-0.25, -0.2) is 9.79 Å². The van der Waals surface area contributed by atoms with E-state index in [-0.39, 0.29) is 29.5 Å². The third-order valence-electron chi connectivity index (χ3n) is 3.93. The topological polar surface area (TPSA) is 57.1 Å². The minimum absolute atomic E-state index is 0.0612. The lowest BCUT2D eigenvalue weighted by molar-refractivity contribution is -0.130. The molecule has 0 saturated carbocycles. The van der Waals surface area contributed by atoms with Crippen molar-refractivity contribution in [1.29, 1.82) is 0 Å². The Bertz CT molecular complexity index is 995. The van der Waals surface area contributed by atoms with Gasteiger partial charge in [0.25, 0.3) is 0 Å². The van der Waals surface area contributed by atoms with E-state index in [0.29, 0.717) is 0 Å². The number of cyclic esters (lactones) is 1. The molecule has 0 saturated heterocycles. The van der Waals surface area contributed by atoms with E-state index in [1.807, 2.05) is 30.3 Å². The second-order valence-electron chi connectivity index (χ2n) is 5.76. The number of para-hydroxylation sites is 2. The number of carbonyl (C=O) groups excluding carboxylic acids is 1. The summed E-state index contributed by atoms with van der Waals surface area (Å²) in [7, 11) is 0. The number of carbonyl (C=O) groups is 1. The highest BCUT2D eigenvalue weighted by atomic mass is 19.3. The van der Waals surface area contributed by atoms with Crippen LogP contribution in [0.15, 0.2) is 70.9 Å². The quantitative estimate of drug-likeness (QED) is 0.605. The smallest absolute Gasteiger partial charge is 0.387 e. The maximum absolute atomic E-state index is 12.6. The Kier molecular flexibility index (Phi) is 4.42. The number of fused-ring (bicyclic) bond motifs is 1. The molecule has 5 nitrogen and oxygen atoms in total. The number of halogens is 2. The Hall–Kier alpha value is -3.48. The molecule has 0 unspecified atom stereocenters. The molecule has 2 aromatic rings. The van der Waals surface area contributed by atoms with Gasteiger partial charge >= 0.3 is 12.6 Å². The average molecular weight is 369 g/mol. The lowest BCUT2D eigenvalue weighted by atomic mass is 10.1. The minimum atomic E-state index is -3.00. The summed E-state index contributed by atoms with van der Waals surface area (Å²) < 4.78 is 40.4. The van der Waals surface area contributed by atoms with Gasteiger partial charge in [-0.15, -0.1) is 0 Å². The van der Waals surface area contributed by atoms with Crippen molar-refractivity contribution in [3.8, 4) is 11.5 Å². The molecule has 7 heteroatoms. The zero-order chi connectivity index (χ0) is 18.8. The van der Waals surface area contributed by atoms with Gasteiger partial charge in [0.1, 0.15) is 18.1 Å². The Morgan fingerprint density at radius 2 is 1.89 bits per heavy atom. The fraction of sp³-hybridized carbons (Fsp3) is 0.100. The van der Waals surface area contributed by atoms with Crippen molar-refractivity contribution in [2.24, 2.45) is 4.99 Å². The summed E-state index contributed by atoms with van der Waals surface area (Å²) in [4.78, 5) is 16.3. The molecule has 0 aromatic heterocycles. The molecule has 136 valence electrons. The first-order valence-electron chi connectivity index (χ1n) is 8.09. The molecular weight excluding hydrogens is 356 g/mol. The highest BCUT2D eigenvalue weighted by Gasteiger charge is 2.27. The van der Waals surface area contributed by atoms with Crippen molar-refractivity contribution < 1.29 is 27.8 Å². The molecule has 0 bridgehead atoms. The van der Waals surface area contributed by atoms with Crippen LogP contribution >= 0.6 is 0 Å². The van der Waals surface area contributed by atoms with Gasteiger partial charge in [-0.1, -0.05) is 30.3 Å². The Balaban J connectivity index is 1.65. The second-order valence-corrected chi connectivity index (χ2v) is 5.76. The number of ether oxygens (including phenoxy) is 3. The predicted octanol–water partition coefficient (Wildman–Crippen LogP) is 3.95. The van der Waals surface area contributed by atoms with Crippen molar-refractivity contribution in [3.05, 3.63) is 77.0 Å². The van der Waals surface area contributed by atoms with Crippen LogP contribution in [0.5, 0.6) is 11.5 Å². The molecule has 2 heterocycles. The van der Waals surface area contributed by atoms with Crippen LogP contribution < -0.4 is 9.47 Å². The lowest BCUT2D eigenvalue weighted by Crippen LogP contribution is -2.10. The Morgan fingerprint density at radius 3 is 2.74 bits per heavy atom. The first-order chi connectivity index (χ1) is 13.1. The Labute approximate surface area is 153 Å². The molecule has 2 aliphatic rings. The SMILES string of the molecule is O=C1OC(c2ccccc2OC(F)F)=N/C1=C\C1=Cc2ccccc2OC1. The van der Waals surface area contributed by atoms with Crippen LogP contribution in [0.25, 0.3) is 6.08 Å². The molecular formula is C20H13F2NO4. The minimum Gasteiger partial charge on any atom is -0.488 e. The van der Waals surface area contributed by atoms with Crippen molar-refractivity contribution in [3.63, 3.8) is 0 Å². The highest BCUT2D eigenvalue weighted by Crippen LogP contribution is 2.29. The van der Waals surface area contributed by atoms with Crippen LogP contribution in [-0.2, 0) is 9.53 Å². The summed E-state index contributed by atoms with van der Waals surface area (Å²) in [5, 5.41) is 0.